The van der Waals surface area contributed by atoms with E-state index in [1.807, 2.05) is 102 Å². The van der Waals surface area contributed by atoms with Gasteiger partial charge in [-0.15, -0.1) is 0 Å². The molecule has 1 aliphatic rings. The van der Waals surface area contributed by atoms with Crippen molar-refractivity contribution in [3.63, 3.8) is 0 Å². The summed E-state index contributed by atoms with van der Waals surface area (Å²) >= 11 is 0. The molecule has 0 N–H and O–H groups in total. The lowest BCUT2D eigenvalue weighted by atomic mass is 9.83. The fourth-order valence-corrected chi connectivity index (χ4v) is 7.56. The highest BCUT2D eigenvalue weighted by atomic mass is 19.4. The third-order valence-electron chi connectivity index (χ3n) is 10.3. The second-order valence-corrected chi connectivity index (χ2v) is 14.4. The molecule has 1 aliphatic heterocycles. The lowest BCUT2D eigenvalue weighted by Gasteiger charge is -2.37. The van der Waals surface area contributed by atoms with Crippen LogP contribution in [0.1, 0.15) is 48.6 Å². The summed E-state index contributed by atoms with van der Waals surface area (Å²) in [5.41, 5.74) is 3.41. The lowest BCUT2D eigenvalue weighted by molar-refractivity contribution is -0.137. The highest BCUT2D eigenvalue weighted by Crippen LogP contribution is 2.53. The van der Waals surface area contributed by atoms with Crippen LogP contribution in [0.5, 0.6) is 23.0 Å². The molecule has 1 aromatic heterocycles. The van der Waals surface area contributed by atoms with Gasteiger partial charge in [-0.25, -0.2) is 0 Å². The average Bonchev–Trinajstić information content (AvgIpc) is 3.52. The summed E-state index contributed by atoms with van der Waals surface area (Å²) in [7, 11) is 4.77. The number of benzene rings is 6. The molecule has 1 atom stereocenters. The van der Waals surface area contributed by atoms with Gasteiger partial charge in [0.25, 0.3) is 0 Å². The molecule has 53 heavy (non-hydrogen) atoms. The van der Waals surface area contributed by atoms with Crippen LogP contribution >= 0.6 is 0 Å². The second kappa shape index (κ2) is 12.4. The third-order valence-corrected chi connectivity index (χ3v) is 10.3. The summed E-state index contributed by atoms with van der Waals surface area (Å²) in [6.45, 7) is 6.36. The first-order valence-corrected chi connectivity index (χ1v) is 17.3. The van der Waals surface area contributed by atoms with E-state index < -0.39 is 17.3 Å². The number of methoxy groups -OCH3 is 3. The van der Waals surface area contributed by atoms with E-state index >= 15 is 0 Å². The molecule has 0 amide bonds. The molecule has 0 radical (unpaired) electrons. The average molecular weight is 714 g/mol. The van der Waals surface area contributed by atoms with Crippen LogP contribution in [0, 0.1) is 0 Å². The topological polar surface area (TPSA) is 41.9 Å². The van der Waals surface area contributed by atoms with Crippen molar-refractivity contribution in [2.45, 2.75) is 38.0 Å². The summed E-state index contributed by atoms with van der Waals surface area (Å²) in [4.78, 5) is 0. The first kappa shape index (κ1) is 34.2. The number of alkyl halides is 3. The summed E-state index contributed by atoms with van der Waals surface area (Å²) in [5.74, 6) is 2.25. The van der Waals surface area contributed by atoms with Crippen molar-refractivity contribution in [1.82, 2.24) is 4.57 Å². The molecule has 5 nitrogen and oxygen atoms in total. The van der Waals surface area contributed by atoms with Crippen LogP contribution in [0.2, 0.25) is 0 Å². The van der Waals surface area contributed by atoms with Crippen LogP contribution in [-0.2, 0) is 17.2 Å². The molecular formula is C45H38F3NO4. The van der Waals surface area contributed by atoms with Crippen LogP contribution < -0.4 is 18.9 Å². The van der Waals surface area contributed by atoms with Crippen molar-refractivity contribution >= 4 is 38.7 Å². The highest BCUT2D eigenvalue weighted by molar-refractivity contribution is 6.25. The van der Waals surface area contributed by atoms with E-state index in [-0.39, 0.29) is 5.41 Å². The molecule has 0 aliphatic carbocycles. The fraction of sp³-hybridized carbons (Fsp3) is 0.200. The number of rotatable bonds is 6. The van der Waals surface area contributed by atoms with Crippen LogP contribution in [0.15, 0.2) is 115 Å². The van der Waals surface area contributed by atoms with E-state index in [4.69, 9.17) is 18.9 Å². The Morgan fingerprint density at radius 3 is 1.96 bits per heavy atom. The Hall–Kier alpha value is -5.89. The molecule has 8 rings (SSSR count). The number of hydrogen-bond donors (Lipinski definition) is 0. The molecule has 0 bridgehead atoms. The van der Waals surface area contributed by atoms with E-state index in [9.17, 15) is 13.2 Å². The zero-order valence-electron chi connectivity index (χ0n) is 30.3. The molecule has 0 saturated heterocycles. The summed E-state index contributed by atoms with van der Waals surface area (Å²) in [5, 5.41) is 2.91. The predicted molar refractivity (Wildman–Crippen MR) is 205 cm³/mol. The Balaban J connectivity index is 1.56. The van der Waals surface area contributed by atoms with Crippen LogP contribution in [0.25, 0.3) is 44.3 Å². The summed E-state index contributed by atoms with van der Waals surface area (Å²) in [6.07, 6.45) is -0.465. The van der Waals surface area contributed by atoms with Gasteiger partial charge in [0.2, 0.25) is 0 Å². The van der Waals surface area contributed by atoms with Crippen molar-refractivity contribution in [2.75, 3.05) is 21.3 Å². The fourth-order valence-electron chi connectivity index (χ4n) is 7.56. The van der Waals surface area contributed by atoms with Crippen molar-refractivity contribution in [3.05, 3.63) is 143 Å². The molecular weight excluding hydrogens is 675 g/mol. The smallest absolute Gasteiger partial charge is 0.416 e. The Kier molecular flexibility index (Phi) is 7.98. The van der Waals surface area contributed by atoms with Gasteiger partial charge in [0.15, 0.2) is 17.1 Å². The van der Waals surface area contributed by atoms with Crippen molar-refractivity contribution < 1.29 is 32.1 Å². The van der Waals surface area contributed by atoms with E-state index in [0.717, 1.165) is 50.2 Å². The SMILES string of the molecule is COc1ccc(C2(c3ccccc3)C=Cc3c(c4cc(OC)c(OC)cc4c4c5ccc(C(F)(F)F)cc5n(-c5cccc(C(C)(C)C)c5)c34)O2)cc1. The highest BCUT2D eigenvalue weighted by Gasteiger charge is 2.40. The number of fused-ring (bicyclic) bond motifs is 8. The zero-order valence-corrected chi connectivity index (χ0v) is 30.3. The first-order chi connectivity index (χ1) is 25.4. The molecule has 2 heterocycles. The van der Waals surface area contributed by atoms with Crippen LogP contribution in [-0.4, -0.2) is 25.9 Å². The maximum absolute atomic E-state index is 14.4. The number of ether oxygens (including phenoxy) is 4. The predicted octanol–water partition coefficient (Wildman–Crippen LogP) is 11.6. The van der Waals surface area contributed by atoms with Gasteiger partial charge in [0, 0.05) is 38.5 Å². The third kappa shape index (κ3) is 5.47. The quantitative estimate of drug-likeness (QED) is 0.172. The van der Waals surface area contributed by atoms with Crippen LogP contribution in [0.4, 0.5) is 13.2 Å². The minimum atomic E-state index is -4.54. The minimum Gasteiger partial charge on any atom is -0.497 e. The maximum Gasteiger partial charge on any atom is 0.416 e. The first-order valence-electron chi connectivity index (χ1n) is 17.3. The van der Waals surface area contributed by atoms with Gasteiger partial charge in [-0.3, -0.25) is 0 Å². The van der Waals surface area contributed by atoms with Crippen molar-refractivity contribution in [1.29, 1.82) is 0 Å². The van der Waals surface area contributed by atoms with Gasteiger partial charge >= 0.3 is 6.18 Å². The normalized spacial score (nSPS) is 15.8. The molecule has 6 aromatic carbocycles. The standard InChI is InChI=1S/C45H38F3NO4/c1-43(2,3)29-13-10-14-31(23-29)49-37-24-30(45(46,47)48)17-20-33(37)40-35-25-38(51-5)39(52-6)26-36(35)42-34(41(40)49)21-22-44(53-42,27-11-8-7-9-12-27)28-15-18-32(50-4)19-16-28/h7-26H,1-6H3. The molecule has 0 spiro atoms. The van der Waals surface area contributed by atoms with Gasteiger partial charge in [0.05, 0.1) is 37.9 Å². The molecule has 7 aromatic rings. The van der Waals surface area contributed by atoms with E-state index in [1.165, 1.54) is 6.07 Å². The minimum absolute atomic E-state index is 0.210. The van der Waals surface area contributed by atoms with E-state index in [2.05, 4.69) is 26.8 Å². The molecule has 1 unspecified atom stereocenters. The van der Waals surface area contributed by atoms with Crippen LogP contribution in [0.3, 0.4) is 0 Å². The largest absolute Gasteiger partial charge is 0.497 e. The zero-order chi connectivity index (χ0) is 37.3. The number of hydrogen-bond acceptors (Lipinski definition) is 4. The van der Waals surface area contributed by atoms with E-state index in [0.29, 0.717) is 39.4 Å². The number of halogens is 3. The maximum atomic E-state index is 14.4. The van der Waals surface area contributed by atoms with Gasteiger partial charge < -0.3 is 23.5 Å². The van der Waals surface area contributed by atoms with Crippen molar-refractivity contribution in [3.8, 4) is 28.7 Å². The number of aromatic nitrogens is 1. The Morgan fingerprint density at radius 1 is 0.642 bits per heavy atom. The summed E-state index contributed by atoms with van der Waals surface area (Å²) in [6, 6.07) is 33.5. The Bertz CT molecular complexity index is 2560. The molecule has 8 heteroatoms. The molecule has 0 saturated carbocycles. The van der Waals surface area contributed by atoms with Crippen molar-refractivity contribution in [2.24, 2.45) is 0 Å². The molecule has 268 valence electrons. The molecule has 0 fully saturated rings. The lowest BCUT2D eigenvalue weighted by Crippen LogP contribution is -2.34. The number of nitrogens with zero attached hydrogens (tertiary/aromatic N) is 1. The Labute approximate surface area is 305 Å². The second-order valence-electron chi connectivity index (χ2n) is 14.4. The van der Waals surface area contributed by atoms with E-state index in [1.54, 1.807) is 27.4 Å². The summed E-state index contributed by atoms with van der Waals surface area (Å²) < 4.78 is 69.7. The van der Waals surface area contributed by atoms with Gasteiger partial charge in [0.1, 0.15) is 11.5 Å². The Morgan fingerprint density at radius 2 is 1.32 bits per heavy atom. The van der Waals surface area contributed by atoms with Gasteiger partial charge in [-0.2, -0.15) is 13.2 Å². The van der Waals surface area contributed by atoms with Gasteiger partial charge in [-0.05, 0) is 77.0 Å². The van der Waals surface area contributed by atoms with Gasteiger partial charge in [-0.1, -0.05) is 81.4 Å². The monoisotopic (exact) mass is 713 g/mol.